The van der Waals surface area contributed by atoms with Gasteiger partial charge in [0.15, 0.2) is 0 Å². The summed E-state index contributed by atoms with van der Waals surface area (Å²) in [5, 5.41) is 10.2. The number of benzene rings is 2. The van der Waals surface area contributed by atoms with E-state index in [1.54, 1.807) is 37.4 Å². The van der Waals surface area contributed by atoms with Gasteiger partial charge in [-0.05, 0) is 30.3 Å². The van der Waals surface area contributed by atoms with E-state index in [1.807, 2.05) is 0 Å². The van der Waals surface area contributed by atoms with Crippen molar-refractivity contribution < 1.29 is 19.0 Å². The lowest BCUT2D eigenvalue weighted by atomic mass is 10.0. The summed E-state index contributed by atoms with van der Waals surface area (Å²) < 4.78 is 15.8. The molecule has 5 heteroatoms. The lowest BCUT2D eigenvalue weighted by molar-refractivity contribution is 0.395. The summed E-state index contributed by atoms with van der Waals surface area (Å²) in [6.45, 7) is 0. The molecule has 1 aromatic heterocycles. The second kappa shape index (κ2) is 5.44. The lowest BCUT2D eigenvalue weighted by Gasteiger charge is -2.10. The van der Waals surface area contributed by atoms with Gasteiger partial charge in [0, 0.05) is 23.1 Å². The zero-order chi connectivity index (χ0) is 15.7. The molecule has 0 aliphatic rings. The maximum absolute atomic E-state index is 12.2. The highest BCUT2D eigenvalue weighted by Gasteiger charge is 2.13. The van der Waals surface area contributed by atoms with Crippen LogP contribution in [0.1, 0.15) is 0 Å². The Hall–Kier alpha value is -2.95. The quantitative estimate of drug-likeness (QED) is 0.752. The number of hydrogen-bond donors (Lipinski definition) is 1. The molecule has 1 heterocycles. The fourth-order valence-corrected chi connectivity index (χ4v) is 2.31. The summed E-state index contributed by atoms with van der Waals surface area (Å²) in [5.74, 6) is 1.20. The summed E-state index contributed by atoms with van der Waals surface area (Å²) in [6.07, 6.45) is 0. The van der Waals surface area contributed by atoms with Crippen LogP contribution in [0.4, 0.5) is 0 Å². The lowest BCUT2D eigenvalue weighted by Crippen LogP contribution is -2.04. The van der Waals surface area contributed by atoms with Crippen LogP contribution in [-0.4, -0.2) is 19.3 Å². The van der Waals surface area contributed by atoms with Gasteiger partial charge in [-0.15, -0.1) is 0 Å². The molecule has 3 aromatic rings. The molecule has 112 valence electrons. The summed E-state index contributed by atoms with van der Waals surface area (Å²) >= 11 is 0. The first kappa shape index (κ1) is 14.0. The first-order valence-electron chi connectivity index (χ1n) is 6.61. The first-order valence-corrected chi connectivity index (χ1v) is 6.61. The summed E-state index contributed by atoms with van der Waals surface area (Å²) in [6, 6.07) is 11.5. The van der Waals surface area contributed by atoms with Gasteiger partial charge in [-0.3, -0.25) is 0 Å². The minimum Gasteiger partial charge on any atom is -0.508 e. The van der Waals surface area contributed by atoms with E-state index < -0.39 is 5.63 Å². The smallest absolute Gasteiger partial charge is 0.344 e. The highest BCUT2D eigenvalue weighted by molar-refractivity contribution is 5.84. The van der Waals surface area contributed by atoms with Crippen LogP contribution >= 0.6 is 0 Å². The van der Waals surface area contributed by atoms with E-state index in [0.717, 1.165) is 0 Å². The molecule has 0 saturated carbocycles. The van der Waals surface area contributed by atoms with Crippen molar-refractivity contribution in [2.45, 2.75) is 0 Å². The van der Waals surface area contributed by atoms with Crippen LogP contribution in [0, 0.1) is 0 Å². The number of hydrogen-bond acceptors (Lipinski definition) is 5. The maximum atomic E-state index is 12.2. The molecule has 0 fully saturated rings. The van der Waals surface area contributed by atoms with Crippen LogP contribution in [0.15, 0.2) is 51.7 Å². The molecule has 0 aliphatic heterocycles. The number of methoxy groups -OCH3 is 2. The molecule has 0 atom stereocenters. The SMILES string of the molecule is COc1ccc(-c2cc3ccc(O)cc3oc2=O)c(OC)c1. The first-order chi connectivity index (χ1) is 10.6. The third kappa shape index (κ3) is 2.37. The van der Waals surface area contributed by atoms with Crippen molar-refractivity contribution in [2.24, 2.45) is 0 Å². The highest BCUT2D eigenvalue weighted by atomic mass is 16.5. The second-order valence-electron chi connectivity index (χ2n) is 4.74. The Bertz CT molecular complexity index is 895. The number of fused-ring (bicyclic) bond motifs is 1. The summed E-state index contributed by atoms with van der Waals surface area (Å²) in [7, 11) is 3.09. The summed E-state index contributed by atoms with van der Waals surface area (Å²) in [5.41, 5.74) is 0.840. The molecule has 0 bridgehead atoms. The number of phenols is 1. The van der Waals surface area contributed by atoms with Gasteiger partial charge in [-0.1, -0.05) is 0 Å². The Balaban J connectivity index is 2.24. The zero-order valence-electron chi connectivity index (χ0n) is 12.1. The Labute approximate surface area is 126 Å². The van der Waals surface area contributed by atoms with Crippen LogP contribution in [0.2, 0.25) is 0 Å². The third-order valence-electron chi connectivity index (χ3n) is 3.42. The molecule has 3 rings (SSSR count). The van der Waals surface area contributed by atoms with Crippen molar-refractivity contribution in [3.63, 3.8) is 0 Å². The van der Waals surface area contributed by atoms with E-state index >= 15 is 0 Å². The van der Waals surface area contributed by atoms with Crippen LogP contribution < -0.4 is 15.1 Å². The normalized spacial score (nSPS) is 10.6. The van der Waals surface area contributed by atoms with Crippen LogP contribution in [0.25, 0.3) is 22.1 Å². The van der Waals surface area contributed by atoms with Crippen molar-refractivity contribution >= 4 is 11.0 Å². The Morgan fingerprint density at radius 2 is 1.77 bits per heavy atom. The van der Waals surface area contributed by atoms with Gasteiger partial charge in [0.05, 0.1) is 19.8 Å². The van der Waals surface area contributed by atoms with Crippen LogP contribution in [0.3, 0.4) is 0 Å². The predicted octanol–water partition coefficient (Wildman–Crippen LogP) is 3.18. The molecule has 1 N–H and O–H groups in total. The largest absolute Gasteiger partial charge is 0.508 e. The predicted molar refractivity (Wildman–Crippen MR) is 82.7 cm³/mol. The van der Waals surface area contributed by atoms with Gasteiger partial charge in [-0.25, -0.2) is 4.79 Å². The molecule has 22 heavy (non-hydrogen) atoms. The van der Waals surface area contributed by atoms with Crippen molar-refractivity contribution in [2.75, 3.05) is 14.2 Å². The van der Waals surface area contributed by atoms with E-state index in [0.29, 0.717) is 33.6 Å². The second-order valence-corrected chi connectivity index (χ2v) is 4.74. The van der Waals surface area contributed by atoms with Gasteiger partial charge in [0.1, 0.15) is 22.8 Å². The molecule has 0 spiro atoms. The molecule has 0 amide bonds. The molecule has 0 saturated heterocycles. The minimum absolute atomic E-state index is 0.0467. The molecule has 0 radical (unpaired) electrons. The van der Waals surface area contributed by atoms with Crippen LogP contribution in [0.5, 0.6) is 17.2 Å². The van der Waals surface area contributed by atoms with E-state index in [-0.39, 0.29) is 5.75 Å². The van der Waals surface area contributed by atoms with E-state index in [2.05, 4.69) is 0 Å². The zero-order valence-corrected chi connectivity index (χ0v) is 12.1. The Morgan fingerprint density at radius 3 is 2.50 bits per heavy atom. The minimum atomic E-state index is -0.499. The van der Waals surface area contributed by atoms with E-state index in [1.165, 1.54) is 19.2 Å². The third-order valence-corrected chi connectivity index (χ3v) is 3.42. The fraction of sp³-hybridized carbons (Fsp3) is 0.118. The maximum Gasteiger partial charge on any atom is 0.344 e. The van der Waals surface area contributed by atoms with Gasteiger partial charge in [0.25, 0.3) is 0 Å². The van der Waals surface area contributed by atoms with Crippen molar-refractivity contribution in [1.82, 2.24) is 0 Å². The average Bonchev–Trinajstić information content (AvgIpc) is 2.53. The molecule has 5 nitrogen and oxygen atoms in total. The fourth-order valence-electron chi connectivity index (χ4n) is 2.31. The van der Waals surface area contributed by atoms with Crippen molar-refractivity contribution in [1.29, 1.82) is 0 Å². The highest BCUT2D eigenvalue weighted by Crippen LogP contribution is 2.33. The molecular formula is C17H14O5. The van der Waals surface area contributed by atoms with Crippen molar-refractivity contribution in [3.05, 3.63) is 52.9 Å². The number of aromatic hydroxyl groups is 1. The van der Waals surface area contributed by atoms with Gasteiger partial charge in [-0.2, -0.15) is 0 Å². The molecule has 0 aliphatic carbocycles. The van der Waals surface area contributed by atoms with Crippen molar-refractivity contribution in [3.8, 4) is 28.4 Å². The molecule has 2 aromatic carbocycles. The average molecular weight is 298 g/mol. The van der Waals surface area contributed by atoms with Gasteiger partial charge >= 0.3 is 5.63 Å². The number of phenolic OH excluding ortho intramolecular Hbond substituents is 1. The Morgan fingerprint density at radius 1 is 0.955 bits per heavy atom. The summed E-state index contributed by atoms with van der Waals surface area (Å²) in [4.78, 5) is 12.2. The Kier molecular flexibility index (Phi) is 3.47. The van der Waals surface area contributed by atoms with E-state index in [9.17, 15) is 9.90 Å². The number of rotatable bonds is 3. The topological polar surface area (TPSA) is 68.9 Å². The van der Waals surface area contributed by atoms with Gasteiger partial charge < -0.3 is 19.0 Å². The number of ether oxygens (including phenoxy) is 2. The monoisotopic (exact) mass is 298 g/mol. The standard InChI is InChI=1S/C17H14O5/c1-20-12-5-6-13(16(9-12)21-2)14-7-10-3-4-11(18)8-15(10)22-17(14)19/h3-9,18H,1-2H3. The van der Waals surface area contributed by atoms with Crippen LogP contribution in [-0.2, 0) is 0 Å². The molecule has 0 unspecified atom stereocenters. The van der Waals surface area contributed by atoms with E-state index in [4.69, 9.17) is 13.9 Å². The van der Waals surface area contributed by atoms with Gasteiger partial charge in [0.2, 0.25) is 0 Å². The molecular weight excluding hydrogens is 284 g/mol.